The van der Waals surface area contributed by atoms with Crippen molar-refractivity contribution in [3.8, 4) is 10.6 Å². The number of nitrogens with zero attached hydrogens (tertiary/aromatic N) is 2. The van der Waals surface area contributed by atoms with Gasteiger partial charge in [-0.2, -0.15) is 0 Å². The zero-order valence-corrected chi connectivity index (χ0v) is 12.4. The van der Waals surface area contributed by atoms with Crippen molar-refractivity contribution in [2.45, 2.75) is 6.54 Å². The van der Waals surface area contributed by atoms with Gasteiger partial charge in [0.1, 0.15) is 10.0 Å². The molecule has 0 fully saturated rings. The van der Waals surface area contributed by atoms with Gasteiger partial charge in [-0.3, -0.25) is 0 Å². The summed E-state index contributed by atoms with van der Waals surface area (Å²) in [6, 6.07) is 8.08. The first-order valence-electron chi connectivity index (χ1n) is 5.57. The average Bonchev–Trinajstić information content (AvgIpc) is 2.84. The highest BCUT2D eigenvalue weighted by molar-refractivity contribution is 9.10. The summed E-state index contributed by atoms with van der Waals surface area (Å²) in [7, 11) is 1.69. The predicted molar refractivity (Wildman–Crippen MR) is 76.6 cm³/mol. The average molecular weight is 328 g/mol. The molecule has 0 unspecified atom stereocenters. The fraction of sp³-hybridized carbons (Fsp3) is 0.333. The molecule has 0 amide bonds. The van der Waals surface area contributed by atoms with Crippen molar-refractivity contribution in [2.24, 2.45) is 0 Å². The summed E-state index contributed by atoms with van der Waals surface area (Å²) in [6.45, 7) is 2.26. The highest BCUT2D eigenvalue weighted by Gasteiger charge is 2.05. The second kappa shape index (κ2) is 6.94. The zero-order valence-electron chi connectivity index (χ0n) is 10.0. The lowest BCUT2D eigenvalue weighted by molar-refractivity contribution is 0.199. The van der Waals surface area contributed by atoms with Gasteiger partial charge >= 0.3 is 0 Å². The second-order valence-electron chi connectivity index (χ2n) is 3.68. The van der Waals surface area contributed by atoms with Crippen molar-refractivity contribution in [2.75, 3.05) is 20.3 Å². The predicted octanol–water partition coefficient (Wildman–Crippen LogP) is 2.70. The normalized spacial score (nSPS) is 10.8. The summed E-state index contributed by atoms with van der Waals surface area (Å²) in [5.74, 6) is 0. The quantitative estimate of drug-likeness (QED) is 0.829. The standard InChI is InChI=1S/C12H14BrN3OS/c1-17-7-6-14-8-11-15-16-12(18-11)9-2-4-10(13)5-3-9/h2-5,14H,6-8H2,1H3. The Morgan fingerprint density at radius 3 is 2.78 bits per heavy atom. The van der Waals surface area contributed by atoms with Crippen LogP contribution in [0.3, 0.4) is 0 Å². The Hall–Kier alpha value is -0.820. The molecule has 0 saturated carbocycles. The lowest BCUT2D eigenvalue weighted by atomic mass is 10.2. The number of rotatable bonds is 6. The van der Waals surface area contributed by atoms with Crippen LogP contribution < -0.4 is 5.32 Å². The van der Waals surface area contributed by atoms with Crippen LogP contribution in [0.4, 0.5) is 0 Å². The number of halogens is 1. The molecule has 96 valence electrons. The number of benzene rings is 1. The number of hydrogen-bond donors (Lipinski definition) is 1. The molecule has 1 aromatic carbocycles. The third-order valence-corrected chi connectivity index (χ3v) is 3.82. The highest BCUT2D eigenvalue weighted by atomic mass is 79.9. The molecule has 2 rings (SSSR count). The zero-order chi connectivity index (χ0) is 12.8. The summed E-state index contributed by atoms with van der Waals surface area (Å²) < 4.78 is 6.03. The van der Waals surface area contributed by atoms with Crippen molar-refractivity contribution in [3.63, 3.8) is 0 Å². The Morgan fingerprint density at radius 2 is 2.06 bits per heavy atom. The van der Waals surface area contributed by atoms with Gasteiger partial charge in [-0.25, -0.2) is 0 Å². The molecule has 0 aliphatic heterocycles. The number of aromatic nitrogens is 2. The minimum absolute atomic E-state index is 0.707. The summed E-state index contributed by atoms with van der Waals surface area (Å²) >= 11 is 5.03. The largest absolute Gasteiger partial charge is 0.383 e. The SMILES string of the molecule is COCCNCc1nnc(-c2ccc(Br)cc2)s1. The molecule has 1 heterocycles. The van der Waals surface area contributed by atoms with Gasteiger partial charge in [0.05, 0.1) is 6.61 Å². The molecule has 0 saturated heterocycles. The molecule has 0 aliphatic carbocycles. The minimum atomic E-state index is 0.707. The van der Waals surface area contributed by atoms with Crippen LogP contribution in [0.15, 0.2) is 28.7 Å². The van der Waals surface area contributed by atoms with Gasteiger partial charge in [0.2, 0.25) is 0 Å². The minimum Gasteiger partial charge on any atom is -0.383 e. The molecule has 6 heteroatoms. The van der Waals surface area contributed by atoms with Crippen molar-refractivity contribution >= 4 is 27.3 Å². The van der Waals surface area contributed by atoms with Crippen LogP contribution >= 0.6 is 27.3 Å². The Bertz CT molecular complexity index is 486. The van der Waals surface area contributed by atoms with Gasteiger partial charge in [-0.1, -0.05) is 39.4 Å². The Morgan fingerprint density at radius 1 is 1.28 bits per heavy atom. The molecule has 1 N–H and O–H groups in total. The van der Waals surface area contributed by atoms with Gasteiger partial charge in [-0.05, 0) is 12.1 Å². The summed E-state index contributed by atoms with van der Waals surface area (Å²) in [6.07, 6.45) is 0. The Labute approximate surface area is 119 Å². The van der Waals surface area contributed by atoms with Gasteiger partial charge < -0.3 is 10.1 Å². The van der Waals surface area contributed by atoms with Crippen LogP contribution in [0.5, 0.6) is 0 Å². The summed E-state index contributed by atoms with van der Waals surface area (Å²) in [5, 5.41) is 13.6. The third-order valence-electron chi connectivity index (χ3n) is 2.32. The Balaban J connectivity index is 1.95. The molecule has 4 nitrogen and oxygen atoms in total. The molecule has 0 radical (unpaired) electrons. The molecule has 2 aromatic rings. The van der Waals surface area contributed by atoms with E-state index < -0.39 is 0 Å². The molecule has 0 spiro atoms. The fourth-order valence-electron chi connectivity index (χ4n) is 1.40. The van der Waals surface area contributed by atoms with Crippen LogP contribution in [0.25, 0.3) is 10.6 Å². The number of nitrogens with one attached hydrogen (secondary N) is 1. The first-order valence-corrected chi connectivity index (χ1v) is 7.18. The smallest absolute Gasteiger partial charge is 0.147 e. The van der Waals surface area contributed by atoms with Crippen LogP contribution in [0.2, 0.25) is 0 Å². The number of methoxy groups -OCH3 is 1. The lowest BCUT2D eigenvalue weighted by Gasteiger charge is -1.99. The fourth-order valence-corrected chi connectivity index (χ4v) is 2.48. The molecule has 1 aromatic heterocycles. The highest BCUT2D eigenvalue weighted by Crippen LogP contribution is 2.24. The molecular weight excluding hydrogens is 314 g/mol. The molecule has 0 atom stereocenters. The van der Waals surface area contributed by atoms with E-state index in [2.05, 4.69) is 31.4 Å². The monoisotopic (exact) mass is 327 g/mol. The van der Waals surface area contributed by atoms with Gasteiger partial charge in [-0.15, -0.1) is 10.2 Å². The maximum Gasteiger partial charge on any atom is 0.147 e. The van der Waals surface area contributed by atoms with E-state index in [-0.39, 0.29) is 0 Å². The first-order chi connectivity index (χ1) is 8.79. The first kappa shape index (κ1) is 13.6. The van der Waals surface area contributed by atoms with E-state index >= 15 is 0 Å². The topological polar surface area (TPSA) is 47.0 Å². The van der Waals surface area contributed by atoms with Crippen molar-refractivity contribution < 1.29 is 4.74 Å². The molecule has 0 aliphatic rings. The van der Waals surface area contributed by atoms with Crippen LogP contribution in [0.1, 0.15) is 5.01 Å². The van der Waals surface area contributed by atoms with E-state index in [1.807, 2.05) is 24.3 Å². The molecular formula is C12H14BrN3OS. The Kier molecular flexibility index (Phi) is 5.25. The van der Waals surface area contributed by atoms with Crippen molar-refractivity contribution in [1.29, 1.82) is 0 Å². The summed E-state index contributed by atoms with van der Waals surface area (Å²) in [4.78, 5) is 0. The molecule has 18 heavy (non-hydrogen) atoms. The van der Waals surface area contributed by atoms with E-state index in [4.69, 9.17) is 4.74 Å². The number of hydrogen-bond acceptors (Lipinski definition) is 5. The summed E-state index contributed by atoms with van der Waals surface area (Å²) in [5.41, 5.74) is 1.10. The van der Waals surface area contributed by atoms with Crippen LogP contribution in [-0.4, -0.2) is 30.5 Å². The van der Waals surface area contributed by atoms with Crippen molar-refractivity contribution in [3.05, 3.63) is 33.7 Å². The van der Waals surface area contributed by atoms with E-state index in [0.717, 1.165) is 33.1 Å². The van der Waals surface area contributed by atoms with Gasteiger partial charge in [0, 0.05) is 30.2 Å². The van der Waals surface area contributed by atoms with E-state index in [1.54, 1.807) is 18.4 Å². The maximum absolute atomic E-state index is 4.97. The van der Waals surface area contributed by atoms with Gasteiger partial charge in [0.15, 0.2) is 0 Å². The third kappa shape index (κ3) is 3.84. The maximum atomic E-state index is 4.97. The molecule has 0 bridgehead atoms. The van der Waals surface area contributed by atoms with E-state index in [1.165, 1.54) is 0 Å². The van der Waals surface area contributed by atoms with Gasteiger partial charge in [0.25, 0.3) is 0 Å². The van der Waals surface area contributed by atoms with Crippen LogP contribution in [-0.2, 0) is 11.3 Å². The lowest BCUT2D eigenvalue weighted by Crippen LogP contribution is -2.18. The number of ether oxygens (including phenoxy) is 1. The van der Waals surface area contributed by atoms with Crippen LogP contribution in [0, 0.1) is 0 Å². The van der Waals surface area contributed by atoms with E-state index in [9.17, 15) is 0 Å². The second-order valence-corrected chi connectivity index (χ2v) is 5.66. The van der Waals surface area contributed by atoms with Crippen molar-refractivity contribution in [1.82, 2.24) is 15.5 Å². The van der Waals surface area contributed by atoms with E-state index in [0.29, 0.717) is 6.61 Å².